The van der Waals surface area contributed by atoms with Crippen molar-refractivity contribution in [3.05, 3.63) is 25.0 Å². The average Bonchev–Trinajstić information content (AvgIpc) is 2.51. The summed E-state index contributed by atoms with van der Waals surface area (Å²) in [6, 6.07) is 0. The largest absolute Gasteiger partial charge is 0.435 e. The molecular formula is C20H36O2. The molecule has 0 aromatic heterocycles. The van der Waals surface area contributed by atoms with Crippen LogP contribution in [0.1, 0.15) is 96.8 Å². The summed E-state index contributed by atoms with van der Waals surface area (Å²) in [6.07, 6.45) is 22.9. The van der Waals surface area contributed by atoms with Crippen LogP contribution in [0.2, 0.25) is 0 Å². The standard InChI is InChI=1S/C20H36O2/c1-3-5-6-7-8-9-10-11-12-13-14-15-16-17-18-19-20(21)22-4-2/h4,11-12H,2-3,5-10,13-19H2,1H3/b12-11-. The first-order valence-electron chi connectivity index (χ1n) is 9.26. The zero-order chi connectivity index (χ0) is 16.3. The SMILES string of the molecule is C=COC(=O)CCCCCCC/C=C\CCCCCCCC. The van der Waals surface area contributed by atoms with Crippen LogP contribution in [0.3, 0.4) is 0 Å². The molecule has 0 saturated carbocycles. The Morgan fingerprint density at radius 2 is 1.32 bits per heavy atom. The first-order chi connectivity index (χ1) is 10.8. The van der Waals surface area contributed by atoms with Gasteiger partial charge < -0.3 is 4.74 Å². The van der Waals surface area contributed by atoms with Crippen LogP contribution in [0, 0.1) is 0 Å². The molecule has 0 aromatic rings. The molecule has 0 heterocycles. The molecule has 0 atom stereocenters. The predicted molar refractivity (Wildman–Crippen MR) is 95.7 cm³/mol. The highest BCUT2D eigenvalue weighted by Crippen LogP contribution is 2.10. The van der Waals surface area contributed by atoms with Gasteiger partial charge >= 0.3 is 5.97 Å². The lowest BCUT2D eigenvalue weighted by Gasteiger charge is -2.00. The summed E-state index contributed by atoms with van der Waals surface area (Å²) in [7, 11) is 0. The van der Waals surface area contributed by atoms with Gasteiger partial charge in [0.1, 0.15) is 0 Å². The van der Waals surface area contributed by atoms with Gasteiger partial charge in [-0.3, -0.25) is 4.79 Å². The lowest BCUT2D eigenvalue weighted by atomic mass is 10.1. The number of rotatable bonds is 16. The monoisotopic (exact) mass is 308 g/mol. The molecule has 0 spiro atoms. The minimum absolute atomic E-state index is 0.160. The Bertz CT molecular complexity index is 281. The number of esters is 1. The van der Waals surface area contributed by atoms with Gasteiger partial charge in [0.2, 0.25) is 0 Å². The van der Waals surface area contributed by atoms with E-state index in [0.717, 1.165) is 12.8 Å². The molecule has 0 fully saturated rings. The van der Waals surface area contributed by atoms with Gasteiger partial charge in [0, 0.05) is 6.42 Å². The van der Waals surface area contributed by atoms with Crippen LogP contribution in [-0.2, 0) is 9.53 Å². The number of ether oxygens (including phenoxy) is 1. The Morgan fingerprint density at radius 3 is 1.86 bits per heavy atom. The van der Waals surface area contributed by atoms with Crippen molar-refractivity contribution in [2.75, 3.05) is 0 Å². The fraction of sp³-hybridized carbons (Fsp3) is 0.750. The number of unbranched alkanes of at least 4 members (excludes halogenated alkanes) is 11. The zero-order valence-corrected chi connectivity index (χ0v) is 14.7. The molecule has 0 unspecified atom stereocenters. The number of hydrogen-bond acceptors (Lipinski definition) is 2. The van der Waals surface area contributed by atoms with Gasteiger partial charge in [0.15, 0.2) is 0 Å². The number of allylic oxidation sites excluding steroid dienone is 2. The molecule has 0 aromatic carbocycles. The molecule has 0 radical (unpaired) electrons. The van der Waals surface area contributed by atoms with Gasteiger partial charge in [0.05, 0.1) is 6.26 Å². The molecular weight excluding hydrogens is 272 g/mol. The van der Waals surface area contributed by atoms with Gasteiger partial charge in [0.25, 0.3) is 0 Å². The van der Waals surface area contributed by atoms with Crippen LogP contribution in [0.15, 0.2) is 25.0 Å². The summed E-state index contributed by atoms with van der Waals surface area (Å²) >= 11 is 0. The molecule has 0 saturated heterocycles. The molecule has 0 rings (SSSR count). The lowest BCUT2D eigenvalue weighted by molar-refractivity contribution is -0.138. The van der Waals surface area contributed by atoms with Crippen LogP contribution in [-0.4, -0.2) is 5.97 Å². The maximum absolute atomic E-state index is 11.1. The van der Waals surface area contributed by atoms with Crippen LogP contribution in [0.4, 0.5) is 0 Å². The van der Waals surface area contributed by atoms with Crippen molar-refractivity contribution in [2.24, 2.45) is 0 Å². The van der Waals surface area contributed by atoms with E-state index in [1.165, 1.54) is 76.9 Å². The van der Waals surface area contributed by atoms with Crippen molar-refractivity contribution in [2.45, 2.75) is 96.8 Å². The molecule has 0 amide bonds. The highest BCUT2D eigenvalue weighted by atomic mass is 16.5. The summed E-state index contributed by atoms with van der Waals surface area (Å²) in [6.45, 7) is 5.64. The zero-order valence-electron chi connectivity index (χ0n) is 14.7. The summed E-state index contributed by atoms with van der Waals surface area (Å²) < 4.78 is 4.68. The first kappa shape index (κ1) is 20.9. The minimum atomic E-state index is -0.160. The average molecular weight is 309 g/mol. The Labute approximate surface area is 138 Å². The smallest absolute Gasteiger partial charge is 0.310 e. The maximum Gasteiger partial charge on any atom is 0.310 e. The number of carbonyl (C=O) groups excluding carboxylic acids is 1. The van der Waals surface area contributed by atoms with Gasteiger partial charge in [-0.15, -0.1) is 0 Å². The fourth-order valence-electron chi connectivity index (χ4n) is 2.49. The van der Waals surface area contributed by atoms with E-state index in [1.54, 1.807) is 0 Å². The predicted octanol–water partition coefficient (Wildman–Crippen LogP) is 6.71. The van der Waals surface area contributed by atoms with E-state index in [0.29, 0.717) is 6.42 Å². The van der Waals surface area contributed by atoms with E-state index in [2.05, 4.69) is 30.4 Å². The molecule has 0 N–H and O–H groups in total. The van der Waals surface area contributed by atoms with Crippen molar-refractivity contribution in [1.82, 2.24) is 0 Å². The van der Waals surface area contributed by atoms with E-state index in [-0.39, 0.29) is 5.97 Å². The van der Waals surface area contributed by atoms with E-state index in [4.69, 9.17) is 0 Å². The molecule has 0 bridgehead atoms. The third-order valence-electron chi connectivity index (χ3n) is 3.86. The van der Waals surface area contributed by atoms with Crippen LogP contribution >= 0.6 is 0 Å². The maximum atomic E-state index is 11.1. The molecule has 2 nitrogen and oxygen atoms in total. The summed E-state index contributed by atoms with van der Waals surface area (Å²) in [5.74, 6) is -0.160. The van der Waals surface area contributed by atoms with Crippen molar-refractivity contribution in [3.63, 3.8) is 0 Å². The Kier molecular flexibility index (Phi) is 17.1. The Hall–Kier alpha value is -1.05. The molecule has 0 aliphatic carbocycles. The summed E-state index contributed by atoms with van der Waals surface area (Å²) in [5.41, 5.74) is 0. The second kappa shape index (κ2) is 18.0. The lowest BCUT2D eigenvalue weighted by Crippen LogP contribution is -1.98. The van der Waals surface area contributed by atoms with Crippen molar-refractivity contribution in [3.8, 4) is 0 Å². The van der Waals surface area contributed by atoms with Gasteiger partial charge in [-0.1, -0.05) is 77.0 Å². The van der Waals surface area contributed by atoms with Crippen molar-refractivity contribution < 1.29 is 9.53 Å². The number of hydrogen-bond donors (Lipinski definition) is 0. The van der Waals surface area contributed by atoms with E-state index < -0.39 is 0 Å². The van der Waals surface area contributed by atoms with E-state index >= 15 is 0 Å². The quantitative estimate of drug-likeness (QED) is 0.137. The highest BCUT2D eigenvalue weighted by Gasteiger charge is 1.99. The molecule has 0 aliphatic heterocycles. The highest BCUT2D eigenvalue weighted by molar-refractivity contribution is 5.69. The molecule has 22 heavy (non-hydrogen) atoms. The van der Waals surface area contributed by atoms with Crippen LogP contribution in [0.5, 0.6) is 0 Å². The number of carbonyl (C=O) groups is 1. The summed E-state index contributed by atoms with van der Waals surface area (Å²) in [4.78, 5) is 11.1. The van der Waals surface area contributed by atoms with Gasteiger partial charge in [-0.05, 0) is 32.1 Å². The Morgan fingerprint density at radius 1 is 0.818 bits per heavy atom. The van der Waals surface area contributed by atoms with E-state index in [9.17, 15) is 4.79 Å². The topological polar surface area (TPSA) is 26.3 Å². The van der Waals surface area contributed by atoms with Crippen molar-refractivity contribution >= 4 is 5.97 Å². The molecule has 128 valence electrons. The second-order valence-electron chi connectivity index (χ2n) is 5.99. The molecule has 2 heteroatoms. The Balaban J connectivity index is 3.14. The van der Waals surface area contributed by atoms with Gasteiger partial charge in [-0.25, -0.2) is 0 Å². The minimum Gasteiger partial charge on any atom is -0.435 e. The third kappa shape index (κ3) is 17.0. The normalized spacial score (nSPS) is 11.0. The van der Waals surface area contributed by atoms with Crippen LogP contribution < -0.4 is 0 Å². The molecule has 0 aliphatic rings. The van der Waals surface area contributed by atoms with Crippen LogP contribution in [0.25, 0.3) is 0 Å². The first-order valence-corrected chi connectivity index (χ1v) is 9.26. The fourth-order valence-corrected chi connectivity index (χ4v) is 2.49. The summed E-state index contributed by atoms with van der Waals surface area (Å²) in [5, 5.41) is 0. The van der Waals surface area contributed by atoms with Crippen molar-refractivity contribution in [1.29, 1.82) is 0 Å². The third-order valence-corrected chi connectivity index (χ3v) is 3.86. The van der Waals surface area contributed by atoms with Gasteiger partial charge in [-0.2, -0.15) is 0 Å². The second-order valence-corrected chi connectivity index (χ2v) is 5.99. The van der Waals surface area contributed by atoms with E-state index in [1.807, 2.05) is 0 Å².